The van der Waals surface area contributed by atoms with E-state index in [1.165, 1.54) is 0 Å². The molecule has 3 heteroatoms. The molecule has 56 valence electrons. The lowest BCUT2D eigenvalue weighted by molar-refractivity contribution is 0.0719. The molecule has 0 aromatic heterocycles. The van der Waals surface area contributed by atoms with Crippen molar-refractivity contribution in [1.29, 1.82) is 0 Å². The molecule has 0 N–H and O–H groups in total. The SMILES string of the molecule is COC(C)CN(C)CF. The zero-order valence-corrected chi connectivity index (χ0v) is 6.22. The van der Waals surface area contributed by atoms with Gasteiger partial charge in [0, 0.05) is 13.7 Å². The van der Waals surface area contributed by atoms with Crippen LogP contribution in [0.2, 0.25) is 0 Å². The van der Waals surface area contributed by atoms with Crippen LogP contribution in [0.5, 0.6) is 0 Å². The summed E-state index contributed by atoms with van der Waals surface area (Å²) in [5, 5.41) is 0. The molecule has 0 bridgehead atoms. The largest absolute Gasteiger partial charge is 0.380 e. The molecule has 9 heavy (non-hydrogen) atoms. The van der Waals surface area contributed by atoms with Crippen molar-refractivity contribution < 1.29 is 9.13 Å². The number of hydrogen-bond donors (Lipinski definition) is 0. The van der Waals surface area contributed by atoms with Crippen LogP contribution in [0.3, 0.4) is 0 Å². The highest BCUT2D eigenvalue weighted by Gasteiger charge is 2.02. The number of halogens is 1. The number of rotatable bonds is 4. The highest BCUT2D eigenvalue weighted by molar-refractivity contribution is 4.52. The lowest BCUT2D eigenvalue weighted by Crippen LogP contribution is -2.27. The molecule has 0 amide bonds. The normalized spacial score (nSPS) is 14.3. The van der Waals surface area contributed by atoms with E-state index in [0.717, 1.165) is 0 Å². The molecule has 0 saturated carbocycles. The van der Waals surface area contributed by atoms with Crippen molar-refractivity contribution >= 4 is 0 Å². The van der Waals surface area contributed by atoms with Gasteiger partial charge >= 0.3 is 0 Å². The van der Waals surface area contributed by atoms with Crippen molar-refractivity contribution in [3.8, 4) is 0 Å². The van der Waals surface area contributed by atoms with Crippen LogP contribution in [-0.4, -0.2) is 38.5 Å². The summed E-state index contributed by atoms with van der Waals surface area (Å²) in [5.74, 6) is 0. The van der Waals surface area contributed by atoms with Crippen molar-refractivity contribution in [3.63, 3.8) is 0 Å². The van der Waals surface area contributed by atoms with E-state index < -0.39 is 6.80 Å². The monoisotopic (exact) mass is 135 g/mol. The van der Waals surface area contributed by atoms with Crippen LogP contribution in [0.15, 0.2) is 0 Å². The second-order valence-electron chi connectivity index (χ2n) is 2.20. The first kappa shape index (κ1) is 8.85. The van der Waals surface area contributed by atoms with E-state index in [1.54, 1.807) is 19.1 Å². The Morgan fingerprint density at radius 3 is 2.56 bits per heavy atom. The lowest BCUT2D eigenvalue weighted by Gasteiger charge is -2.15. The van der Waals surface area contributed by atoms with E-state index in [2.05, 4.69) is 0 Å². The average molecular weight is 135 g/mol. The summed E-state index contributed by atoms with van der Waals surface area (Å²) in [6, 6.07) is 0. The van der Waals surface area contributed by atoms with E-state index in [-0.39, 0.29) is 6.10 Å². The topological polar surface area (TPSA) is 12.5 Å². The van der Waals surface area contributed by atoms with E-state index in [0.29, 0.717) is 6.54 Å². The minimum absolute atomic E-state index is 0.116. The van der Waals surface area contributed by atoms with Gasteiger partial charge in [0.15, 0.2) is 0 Å². The lowest BCUT2D eigenvalue weighted by atomic mass is 10.4. The first-order chi connectivity index (χ1) is 4.20. The molecule has 0 fully saturated rings. The van der Waals surface area contributed by atoms with Crippen LogP contribution in [-0.2, 0) is 4.74 Å². The summed E-state index contributed by atoms with van der Waals surface area (Å²) in [5.41, 5.74) is 0. The molecule has 0 aliphatic carbocycles. The van der Waals surface area contributed by atoms with Gasteiger partial charge in [-0.3, -0.25) is 4.90 Å². The zero-order valence-electron chi connectivity index (χ0n) is 6.22. The fraction of sp³-hybridized carbons (Fsp3) is 1.00. The Bertz CT molecular complexity index is 62.1. The van der Waals surface area contributed by atoms with Crippen LogP contribution < -0.4 is 0 Å². The van der Waals surface area contributed by atoms with E-state index in [4.69, 9.17) is 4.74 Å². The van der Waals surface area contributed by atoms with Crippen LogP contribution in [0.25, 0.3) is 0 Å². The van der Waals surface area contributed by atoms with Crippen LogP contribution >= 0.6 is 0 Å². The Hall–Kier alpha value is -0.150. The molecule has 0 rings (SSSR count). The zero-order chi connectivity index (χ0) is 7.28. The van der Waals surface area contributed by atoms with Gasteiger partial charge in [-0.2, -0.15) is 0 Å². The molecule has 2 nitrogen and oxygen atoms in total. The molecule has 0 aliphatic rings. The first-order valence-electron chi connectivity index (χ1n) is 2.98. The van der Waals surface area contributed by atoms with Crippen molar-refractivity contribution in [1.82, 2.24) is 4.90 Å². The Kier molecular flexibility index (Phi) is 4.62. The Morgan fingerprint density at radius 1 is 1.67 bits per heavy atom. The number of alkyl halides is 1. The molecule has 0 spiro atoms. The third-order valence-electron chi connectivity index (χ3n) is 1.18. The van der Waals surface area contributed by atoms with E-state index in [9.17, 15) is 4.39 Å². The maximum atomic E-state index is 11.8. The van der Waals surface area contributed by atoms with Gasteiger partial charge in [-0.25, -0.2) is 4.39 Å². The predicted molar refractivity (Wildman–Crippen MR) is 35.1 cm³/mol. The molecular weight excluding hydrogens is 121 g/mol. The van der Waals surface area contributed by atoms with Crippen molar-refractivity contribution in [3.05, 3.63) is 0 Å². The van der Waals surface area contributed by atoms with E-state index in [1.807, 2.05) is 6.92 Å². The summed E-state index contributed by atoms with van der Waals surface area (Å²) >= 11 is 0. The maximum Gasteiger partial charge on any atom is 0.142 e. The molecule has 0 radical (unpaired) electrons. The van der Waals surface area contributed by atoms with Gasteiger partial charge in [-0.15, -0.1) is 0 Å². The quantitative estimate of drug-likeness (QED) is 0.530. The van der Waals surface area contributed by atoms with Gasteiger partial charge in [-0.1, -0.05) is 0 Å². The summed E-state index contributed by atoms with van der Waals surface area (Å²) < 4.78 is 16.7. The second kappa shape index (κ2) is 4.70. The molecule has 0 aliphatic heterocycles. The number of methoxy groups -OCH3 is 1. The highest BCUT2D eigenvalue weighted by atomic mass is 19.1. The van der Waals surface area contributed by atoms with Crippen LogP contribution in [0, 0.1) is 0 Å². The minimum Gasteiger partial charge on any atom is -0.380 e. The summed E-state index contributed by atoms with van der Waals surface area (Å²) in [4.78, 5) is 1.56. The fourth-order valence-electron chi connectivity index (χ4n) is 0.562. The maximum absolute atomic E-state index is 11.8. The fourth-order valence-corrected chi connectivity index (χ4v) is 0.562. The number of likely N-dealkylation sites (N-methyl/N-ethyl adjacent to an activating group) is 1. The summed E-state index contributed by atoms with van der Waals surface area (Å²) in [7, 11) is 3.34. The molecule has 0 aromatic carbocycles. The number of hydrogen-bond acceptors (Lipinski definition) is 2. The first-order valence-corrected chi connectivity index (χ1v) is 2.98. The summed E-state index contributed by atoms with van der Waals surface area (Å²) in [6.07, 6.45) is 0.116. The van der Waals surface area contributed by atoms with Gasteiger partial charge < -0.3 is 4.74 Å². The highest BCUT2D eigenvalue weighted by Crippen LogP contribution is 1.91. The van der Waals surface area contributed by atoms with E-state index >= 15 is 0 Å². The minimum atomic E-state index is -0.409. The van der Waals surface area contributed by atoms with Crippen molar-refractivity contribution in [2.45, 2.75) is 13.0 Å². The molecular formula is C6H14FNO. The number of nitrogens with zero attached hydrogens (tertiary/aromatic N) is 1. The third-order valence-corrected chi connectivity index (χ3v) is 1.18. The molecule has 0 saturated heterocycles. The van der Waals surface area contributed by atoms with Crippen LogP contribution in [0.1, 0.15) is 6.92 Å². The number of ether oxygens (including phenoxy) is 1. The second-order valence-corrected chi connectivity index (χ2v) is 2.20. The standard InChI is InChI=1S/C6H14FNO/c1-6(9-3)4-8(2)5-7/h6H,4-5H2,1-3H3. The van der Waals surface area contributed by atoms with Gasteiger partial charge in [-0.05, 0) is 14.0 Å². The Balaban J connectivity index is 3.22. The van der Waals surface area contributed by atoms with Crippen molar-refractivity contribution in [2.24, 2.45) is 0 Å². The van der Waals surface area contributed by atoms with Gasteiger partial charge in [0.05, 0.1) is 6.10 Å². The summed E-state index contributed by atoms with van der Waals surface area (Å²) in [6.45, 7) is 2.15. The third kappa shape index (κ3) is 4.36. The Morgan fingerprint density at radius 2 is 2.22 bits per heavy atom. The van der Waals surface area contributed by atoms with Crippen molar-refractivity contribution in [2.75, 3.05) is 27.5 Å². The molecule has 1 atom stereocenters. The van der Waals surface area contributed by atoms with Gasteiger partial charge in [0.2, 0.25) is 0 Å². The molecule has 0 aromatic rings. The van der Waals surface area contributed by atoms with Gasteiger partial charge in [0.1, 0.15) is 6.80 Å². The smallest absolute Gasteiger partial charge is 0.142 e. The Labute approximate surface area is 55.6 Å². The predicted octanol–water partition coefficient (Wildman–Crippen LogP) is 0.880. The van der Waals surface area contributed by atoms with Crippen LogP contribution in [0.4, 0.5) is 4.39 Å². The average Bonchev–Trinajstić information content (AvgIpc) is 1.87. The molecule has 1 unspecified atom stereocenters. The molecule has 0 heterocycles. The van der Waals surface area contributed by atoms with Gasteiger partial charge in [0.25, 0.3) is 0 Å².